The number of amides is 1. The number of rotatable bonds is 3. The second kappa shape index (κ2) is 6.68. The molecule has 0 aliphatic heterocycles. The van der Waals surface area contributed by atoms with Crippen LogP contribution in [0, 0.1) is 6.92 Å². The summed E-state index contributed by atoms with van der Waals surface area (Å²) in [5.74, 6) is -0.269. The molecule has 0 saturated carbocycles. The summed E-state index contributed by atoms with van der Waals surface area (Å²) in [6.07, 6.45) is 1.52. The van der Waals surface area contributed by atoms with Gasteiger partial charge in [0.2, 0.25) is 0 Å². The molecule has 1 N–H and O–H groups in total. The fourth-order valence-corrected chi connectivity index (χ4v) is 2.10. The van der Waals surface area contributed by atoms with Crippen LogP contribution >= 0.6 is 27.5 Å². The highest BCUT2D eigenvalue weighted by atomic mass is 79.9. The molecule has 0 aliphatic rings. The van der Waals surface area contributed by atoms with Gasteiger partial charge in [-0.25, -0.2) is 5.43 Å². The molecule has 0 radical (unpaired) electrons. The van der Waals surface area contributed by atoms with Crippen molar-refractivity contribution < 1.29 is 4.79 Å². The van der Waals surface area contributed by atoms with E-state index in [-0.39, 0.29) is 5.91 Å². The Morgan fingerprint density at radius 2 is 2.05 bits per heavy atom. The molecule has 0 atom stereocenters. The second-order valence-corrected chi connectivity index (χ2v) is 5.45. The molecule has 2 rings (SSSR count). The first kappa shape index (κ1) is 14.8. The SMILES string of the molecule is Cc1ccc(C(=O)N/N=C/c2ccccc2Cl)cc1Br. The summed E-state index contributed by atoms with van der Waals surface area (Å²) >= 11 is 9.38. The first-order valence-corrected chi connectivity index (χ1v) is 7.09. The fourth-order valence-electron chi connectivity index (χ4n) is 1.54. The van der Waals surface area contributed by atoms with E-state index in [0.29, 0.717) is 10.6 Å². The topological polar surface area (TPSA) is 41.5 Å². The van der Waals surface area contributed by atoms with E-state index < -0.39 is 0 Å². The smallest absolute Gasteiger partial charge is 0.267 e. The summed E-state index contributed by atoms with van der Waals surface area (Å²) in [5.41, 5.74) is 4.83. The maximum Gasteiger partial charge on any atom is 0.271 e. The summed E-state index contributed by atoms with van der Waals surface area (Å²) in [5, 5.41) is 4.49. The molecular weight excluding hydrogens is 340 g/mol. The van der Waals surface area contributed by atoms with E-state index in [1.165, 1.54) is 6.21 Å². The minimum atomic E-state index is -0.269. The fraction of sp³-hybridized carbons (Fsp3) is 0.0667. The molecule has 0 aromatic heterocycles. The van der Waals surface area contributed by atoms with Crippen LogP contribution in [0.2, 0.25) is 5.02 Å². The van der Waals surface area contributed by atoms with Crippen molar-refractivity contribution in [1.82, 2.24) is 5.43 Å². The summed E-state index contributed by atoms with van der Waals surface area (Å²) in [6, 6.07) is 12.7. The van der Waals surface area contributed by atoms with Crippen LogP contribution in [-0.4, -0.2) is 12.1 Å². The van der Waals surface area contributed by atoms with Gasteiger partial charge in [0.05, 0.1) is 6.21 Å². The Hall–Kier alpha value is -1.65. The zero-order valence-corrected chi connectivity index (χ0v) is 13.1. The number of halogens is 2. The zero-order chi connectivity index (χ0) is 14.5. The van der Waals surface area contributed by atoms with Crippen molar-refractivity contribution in [2.45, 2.75) is 6.92 Å². The van der Waals surface area contributed by atoms with Crippen LogP contribution in [0.1, 0.15) is 21.5 Å². The average Bonchev–Trinajstić information content (AvgIpc) is 2.44. The first-order valence-electron chi connectivity index (χ1n) is 5.92. The quantitative estimate of drug-likeness (QED) is 0.654. The molecule has 1 amide bonds. The van der Waals surface area contributed by atoms with Crippen LogP contribution in [0.3, 0.4) is 0 Å². The molecule has 0 unspecified atom stereocenters. The van der Waals surface area contributed by atoms with E-state index in [2.05, 4.69) is 26.5 Å². The number of hydrogen-bond acceptors (Lipinski definition) is 2. The van der Waals surface area contributed by atoms with Crippen LogP contribution in [-0.2, 0) is 0 Å². The van der Waals surface area contributed by atoms with E-state index >= 15 is 0 Å². The highest BCUT2D eigenvalue weighted by molar-refractivity contribution is 9.10. The van der Waals surface area contributed by atoms with Crippen molar-refractivity contribution in [3.8, 4) is 0 Å². The van der Waals surface area contributed by atoms with Crippen LogP contribution < -0.4 is 5.43 Å². The molecule has 0 aliphatic carbocycles. The third-order valence-electron chi connectivity index (χ3n) is 2.71. The number of benzene rings is 2. The number of nitrogens with zero attached hydrogens (tertiary/aromatic N) is 1. The maximum atomic E-state index is 11.9. The molecule has 102 valence electrons. The summed E-state index contributed by atoms with van der Waals surface area (Å²) in [6.45, 7) is 1.96. The Bertz CT molecular complexity index is 671. The lowest BCUT2D eigenvalue weighted by atomic mass is 10.1. The van der Waals surface area contributed by atoms with E-state index in [1.54, 1.807) is 18.2 Å². The molecule has 0 spiro atoms. The molecule has 2 aromatic rings. The Balaban J connectivity index is 2.05. The Kier molecular flexibility index (Phi) is 4.93. The molecule has 0 bridgehead atoms. The number of hydrazone groups is 1. The molecule has 20 heavy (non-hydrogen) atoms. The number of carbonyl (C=O) groups is 1. The number of hydrogen-bond donors (Lipinski definition) is 1. The standard InChI is InChI=1S/C15H12BrClN2O/c1-10-6-7-11(8-13(10)16)15(20)19-18-9-12-4-2-3-5-14(12)17/h2-9H,1H3,(H,19,20)/b18-9+. The van der Waals surface area contributed by atoms with Gasteiger partial charge in [0.1, 0.15) is 0 Å². The van der Waals surface area contributed by atoms with Gasteiger partial charge < -0.3 is 0 Å². The predicted molar refractivity (Wildman–Crippen MR) is 85.4 cm³/mol. The van der Waals surface area contributed by atoms with Crippen molar-refractivity contribution in [3.63, 3.8) is 0 Å². The normalized spacial score (nSPS) is 10.8. The Labute approximate surface area is 130 Å². The van der Waals surface area contributed by atoms with Gasteiger partial charge in [0.25, 0.3) is 5.91 Å². The lowest BCUT2D eigenvalue weighted by Gasteiger charge is -2.03. The van der Waals surface area contributed by atoms with Crippen LogP contribution in [0.15, 0.2) is 52.0 Å². The van der Waals surface area contributed by atoms with Crippen LogP contribution in [0.25, 0.3) is 0 Å². The van der Waals surface area contributed by atoms with Gasteiger partial charge >= 0.3 is 0 Å². The zero-order valence-electron chi connectivity index (χ0n) is 10.7. The molecule has 0 fully saturated rings. The third-order valence-corrected chi connectivity index (χ3v) is 3.91. The number of carbonyl (C=O) groups excluding carboxylic acids is 1. The van der Waals surface area contributed by atoms with Crippen molar-refractivity contribution >= 4 is 39.7 Å². The highest BCUT2D eigenvalue weighted by Crippen LogP contribution is 2.17. The van der Waals surface area contributed by atoms with Crippen molar-refractivity contribution in [3.05, 3.63) is 68.7 Å². The second-order valence-electron chi connectivity index (χ2n) is 4.18. The summed E-state index contributed by atoms with van der Waals surface area (Å²) < 4.78 is 0.889. The van der Waals surface area contributed by atoms with Crippen molar-refractivity contribution in [1.29, 1.82) is 0 Å². The minimum absolute atomic E-state index is 0.269. The summed E-state index contributed by atoms with van der Waals surface area (Å²) in [7, 11) is 0. The van der Waals surface area contributed by atoms with E-state index in [1.807, 2.05) is 31.2 Å². The van der Waals surface area contributed by atoms with Gasteiger partial charge in [0, 0.05) is 20.6 Å². The molecule has 5 heteroatoms. The van der Waals surface area contributed by atoms with Crippen molar-refractivity contribution in [2.75, 3.05) is 0 Å². The monoisotopic (exact) mass is 350 g/mol. The average molecular weight is 352 g/mol. The van der Waals surface area contributed by atoms with Crippen LogP contribution in [0.4, 0.5) is 0 Å². The van der Waals surface area contributed by atoms with Crippen LogP contribution in [0.5, 0.6) is 0 Å². The highest BCUT2D eigenvalue weighted by Gasteiger charge is 2.05. The van der Waals surface area contributed by atoms with E-state index in [9.17, 15) is 4.79 Å². The molecule has 0 heterocycles. The third kappa shape index (κ3) is 3.68. The van der Waals surface area contributed by atoms with E-state index in [4.69, 9.17) is 11.6 Å². The van der Waals surface area contributed by atoms with Gasteiger partial charge in [-0.3, -0.25) is 4.79 Å². The molecule has 3 nitrogen and oxygen atoms in total. The van der Waals surface area contributed by atoms with Gasteiger partial charge in [-0.2, -0.15) is 5.10 Å². The lowest BCUT2D eigenvalue weighted by Crippen LogP contribution is -2.17. The van der Waals surface area contributed by atoms with Gasteiger partial charge in [0.15, 0.2) is 0 Å². The predicted octanol–water partition coefficient (Wildman–Crippen LogP) is 4.17. The molecule has 0 saturated heterocycles. The first-order chi connectivity index (χ1) is 9.58. The largest absolute Gasteiger partial charge is 0.271 e. The minimum Gasteiger partial charge on any atom is -0.267 e. The Morgan fingerprint density at radius 1 is 1.30 bits per heavy atom. The van der Waals surface area contributed by atoms with Gasteiger partial charge in [-0.05, 0) is 30.7 Å². The summed E-state index contributed by atoms with van der Waals surface area (Å²) in [4.78, 5) is 11.9. The van der Waals surface area contributed by atoms with Gasteiger partial charge in [-0.1, -0.05) is 51.8 Å². The van der Waals surface area contributed by atoms with Gasteiger partial charge in [-0.15, -0.1) is 0 Å². The molecule has 2 aromatic carbocycles. The maximum absolute atomic E-state index is 11.9. The number of aryl methyl sites for hydroxylation is 1. The Morgan fingerprint density at radius 3 is 2.75 bits per heavy atom. The molecular formula is C15H12BrClN2O. The van der Waals surface area contributed by atoms with E-state index in [0.717, 1.165) is 15.6 Å². The lowest BCUT2D eigenvalue weighted by molar-refractivity contribution is 0.0955. The number of nitrogens with one attached hydrogen (secondary N) is 1. The van der Waals surface area contributed by atoms with Crippen molar-refractivity contribution in [2.24, 2.45) is 5.10 Å².